The third-order valence-electron chi connectivity index (χ3n) is 3.15. The second kappa shape index (κ2) is 6.63. The van der Waals surface area contributed by atoms with E-state index < -0.39 is 6.36 Å². The Labute approximate surface area is 121 Å². The van der Waals surface area contributed by atoms with Gasteiger partial charge in [0, 0.05) is 6.04 Å². The van der Waals surface area contributed by atoms with Crippen LogP contribution in [0.3, 0.4) is 0 Å². The number of halogens is 3. The smallest absolute Gasteiger partial charge is 0.406 e. The zero-order chi connectivity index (χ0) is 15.3. The second-order valence-corrected chi connectivity index (χ2v) is 4.71. The van der Waals surface area contributed by atoms with E-state index >= 15 is 0 Å². The fraction of sp³-hybridized carbons (Fsp3) is 0.250. The fourth-order valence-corrected chi connectivity index (χ4v) is 2.11. The third kappa shape index (κ3) is 4.79. The van der Waals surface area contributed by atoms with Crippen molar-refractivity contribution >= 4 is 0 Å². The van der Waals surface area contributed by atoms with Gasteiger partial charge in [0.05, 0.1) is 0 Å². The van der Waals surface area contributed by atoms with E-state index in [1.807, 2.05) is 30.3 Å². The molecule has 0 aliphatic rings. The lowest BCUT2D eigenvalue weighted by Crippen LogP contribution is -2.18. The Morgan fingerprint density at radius 2 is 1.57 bits per heavy atom. The van der Waals surface area contributed by atoms with Gasteiger partial charge in [-0.2, -0.15) is 0 Å². The van der Waals surface area contributed by atoms with E-state index in [0.29, 0.717) is 18.4 Å². The maximum Gasteiger partial charge on any atom is 0.573 e. The van der Waals surface area contributed by atoms with Crippen LogP contribution in [0.5, 0.6) is 5.75 Å². The van der Waals surface area contributed by atoms with Crippen molar-refractivity contribution in [1.29, 1.82) is 0 Å². The van der Waals surface area contributed by atoms with Crippen molar-refractivity contribution in [1.82, 2.24) is 0 Å². The summed E-state index contributed by atoms with van der Waals surface area (Å²) in [5, 5.41) is 0. The van der Waals surface area contributed by atoms with Gasteiger partial charge >= 0.3 is 6.36 Å². The van der Waals surface area contributed by atoms with Crippen molar-refractivity contribution in [3.05, 3.63) is 65.7 Å². The van der Waals surface area contributed by atoms with E-state index in [1.165, 1.54) is 12.1 Å². The molecule has 0 heterocycles. The zero-order valence-electron chi connectivity index (χ0n) is 11.3. The van der Waals surface area contributed by atoms with Crippen LogP contribution in [0.25, 0.3) is 0 Å². The Bertz CT molecular complexity index is 569. The van der Waals surface area contributed by atoms with Crippen LogP contribution < -0.4 is 10.5 Å². The summed E-state index contributed by atoms with van der Waals surface area (Å²) in [5.74, 6) is -0.162. The number of benzene rings is 2. The molecule has 0 aliphatic heterocycles. The average molecular weight is 295 g/mol. The highest BCUT2D eigenvalue weighted by Crippen LogP contribution is 2.28. The molecule has 2 aromatic carbocycles. The molecule has 0 amide bonds. The standard InChI is InChI=1S/C16H16F3NO/c17-16(18,19)21-15-9-5-4-8-13(15)10-11-14(20)12-6-2-1-3-7-12/h1-9,14H,10-11,20H2. The summed E-state index contributed by atoms with van der Waals surface area (Å²) in [7, 11) is 0. The van der Waals surface area contributed by atoms with Crippen LogP contribution >= 0.6 is 0 Å². The molecule has 0 aliphatic carbocycles. The average Bonchev–Trinajstić information content (AvgIpc) is 2.45. The van der Waals surface area contributed by atoms with Crippen molar-refractivity contribution < 1.29 is 17.9 Å². The van der Waals surface area contributed by atoms with Gasteiger partial charge in [-0.25, -0.2) is 0 Å². The summed E-state index contributed by atoms with van der Waals surface area (Å²) in [5.41, 5.74) is 7.52. The van der Waals surface area contributed by atoms with Gasteiger partial charge in [-0.15, -0.1) is 13.2 Å². The minimum absolute atomic E-state index is 0.162. The number of nitrogens with two attached hydrogens (primary N) is 1. The molecule has 2 nitrogen and oxygen atoms in total. The topological polar surface area (TPSA) is 35.2 Å². The molecule has 1 atom stereocenters. The van der Waals surface area contributed by atoms with Gasteiger partial charge in [0.1, 0.15) is 5.75 Å². The molecule has 0 saturated carbocycles. The van der Waals surface area contributed by atoms with Crippen molar-refractivity contribution in [2.75, 3.05) is 0 Å². The molecule has 112 valence electrons. The minimum Gasteiger partial charge on any atom is -0.406 e. The van der Waals surface area contributed by atoms with E-state index in [4.69, 9.17) is 5.73 Å². The molecule has 0 aromatic heterocycles. The van der Waals surface area contributed by atoms with E-state index in [2.05, 4.69) is 4.74 Å². The first-order valence-corrected chi connectivity index (χ1v) is 6.60. The molecular formula is C16H16F3NO. The molecule has 5 heteroatoms. The lowest BCUT2D eigenvalue weighted by molar-refractivity contribution is -0.274. The first kappa shape index (κ1) is 15.4. The Hall–Kier alpha value is -2.01. The molecule has 2 aromatic rings. The monoisotopic (exact) mass is 295 g/mol. The Kier molecular flexibility index (Phi) is 4.85. The maximum absolute atomic E-state index is 12.3. The number of alkyl halides is 3. The fourth-order valence-electron chi connectivity index (χ4n) is 2.11. The van der Waals surface area contributed by atoms with Crippen molar-refractivity contribution in [3.63, 3.8) is 0 Å². The summed E-state index contributed by atoms with van der Waals surface area (Å²) in [4.78, 5) is 0. The molecule has 0 spiro atoms. The Morgan fingerprint density at radius 1 is 0.952 bits per heavy atom. The largest absolute Gasteiger partial charge is 0.573 e. The first-order valence-electron chi connectivity index (χ1n) is 6.60. The van der Waals surface area contributed by atoms with Crippen LogP contribution in [0.1, 0.15) is 23.6 Å². The van der Waals surface area contributed by atoms with Crippen LogP contribution in [-0.4, -0.2) is 6.36 Å². The molecule has 0 fully saturated rings. The van der Waals surface area contributed by atoms with Crippen LogP contribution in [-0.2, 0) is 6.42 Å². The number of hydrogen-bond acceptors (Lipinski definition) is 2. The highest BCUT2D eigenvalue weighted by atomic mass is 19.4. The molecule has 21 heavy (non-hydrogen) atoms. The summed E-state index contributed by atoms with van der Waals surface area (Å²) >= 11 is 0. The summed E-state index contributed by atoms with van der Waals surface area (Å²) in [6, 6.07) is 15.4. The summed E-state index contributed by atoms with van der Waals surface area (Å²) in [6.45, 7) is 0. The van der Waals surface area contributed by atoms with E-state index in [1.54, 1.807) is 12.1 Å². The molecule has 0 bridgehead atoms. The molecular weight excluding hydrogens is 279 g/mol. The lowest BCUT2D eigenvalue weighted by atomic mass is 9.99. The van der Waals surface area contributed by atoms with Gasteiger partial charge < -0.3 is 10.5 Å². The molecule has 1 unspecified atom stereocenters. The first-order chi connectivity index (χ1) is 9.96. The van der Waals surface area contributed by atoms with Crippen LogP contribution in [0.4, 0.5) is 13.2 Å². The van der Waals surface area contributed by atoms with Gasteiger partial charge in [-0.3, -0.25) is 0 Å². The van der Waals surface area contributed by atoms with Gasteiger partial charge in [-0.05, 0) is 30.0 Å². The number of para-hydroxylation sites is 1. The molecule has 2 N–H and O–H groups in total. The molecule has 0 saturated heterocycles. The van der Waals surface area contributed by atoms with Gasteiger partial charge in [0.2, 0.25) is 0 Å². The predicted molar refractivity (Wildman–Crippen MR) is 74.8 cm³/mol. The Morgan fingerprint density at radius 3 is 2.24 bits per heavy atom. The van der Waals surface area contributed by atoms with E-state index in [-0.39, 0.29) is 11.8 Å². The Balaban J connectivity index is 2.03. The molecule has 2 rings (SSSR count). The minimum atomic E-state index is -4.68. The van der Waals surface area contributed by atoms with E-state index in [9.17, 15) is 13.2 Å². The second-order valence-electron chi connectivity index (χ2n) is 4.71. The van der Waals surface area contributed by atoms with Gasteiger partial charge in [0.25, 0.3) is 0 Å². The number of ether oxygens (including phenoxy) is 1. The number of rotatable bonds is 5. The highest BCUT2D eigenvalue weighted by Gasteiger charge is 2.31. The predicted octanol–water partition coefficient (Wildman–Crippen LogP) is 4.22. The normalized spacial score (nSPS) is 13.0. The molecule has 0 radical (unpaired) electrons. The lowest BCUT2D eigenvalue weighted by Gasteiger charge is -2.15. The van der Waals surface area contributed by atoms with Gasteiger partial charge in [-0.1, -0.05) is 48.5 Å². The maximum atomic E-state index is 12.3. The quantitative estimate of drug-likeness (QED) is 0.896. The van der Waals surface area contributed by atoms with Crippen LogP contribution in [0.15, 0.2) is 54.6 Å². The summed E-state index contributed by atoms with van der Waals surface area (Å²) in [6.07, 6.45) is -3.72. The number of aryl methyl sites for hydroxylation is 1. The zero-order valence-corrected chi connectivity index (χ0v) is 11.3. The van der Waals surface area contributed by atoms with Crippen molar-refractivity contribution in [2.24, 2.45) is 5.73 Å². The van der Waals surface area contributed by atoms with Crippen LogP contribution in [0.2, 0.25) is 0 Å². The third-order valence-corrected chi connectivity index (χ3v) is 3.15. The van der Waals surface area contributed by atoms with Gasteiger partial charge in [0.15, 0.2) is 0 Å². The SMILES string of the molecule is NC(CCc1ccccc1OC(F)(F)F)c1ccccc1. The van der Waals surface area contributed by atoms with Crippen molar-refractivity contribution in [3.8, 4) is 5.75 Å². The van der Waals surface area contributed by atoms with E-state index in [0.717, 1.165) is 5.56 Å². The van der Waals surface area contributed by atoms with Crippen molar-refractivity contribution in [2.45, 2.75) is 25.2 Å². The highest BCUT2D eigenvalue weighted by molar-refractivity contribution is 5.34. The van der Waals surface area contributed by atoms with Crippen LogP contribution in [0, 0.1) is 0 Å². The summed E-state index contributed by atoms with van der Waals surface area (Å²) < 4.78 is 41.0. The number of hydrogen-bond donors (Lipinski definition) is 1.